The van der Waals surface area contributed by atoms with Crippen LogP contribution in [0.3, 0.4) is 0 Å². The molecule has 0 atom stereocenters. The predicted octanol–water partition coefficient (Wildman–Crippen LogP) is 4.93. The maximum Gasteiger partial charge on any atom is 0.261 e. The smallest absolute Gasteiger partial charge is 0.261 e. The molecule has 4 rings (SSSR count). The minimum atomic E-state index is -0.107. The summed E-state index contributed by atoms with van der Waals surface area (Å²) in [4.78, 5) is 17.2. The van der Waals surface area contributed by atoms with Crippen LogP contribution >= 0.6 is 0 Å². The Morgan fingerprint density at radius 1 is 0.900 bits per heavy atom. The van der Waals surface area contributed by atoms with Crippen LogP contribution < -0.4 is 19.9 Å². The number of para-hydroxylation sites is 1. The molecule has 2 heterocycles. The fraction of sp³-hybridized carbons (Fsp3) is 0.500. The van der Waals surface area contributed by atoms with Crippen LogP contribution in [0.25, 0.3) is 33.0 Å². The molecule has 4 aromatic rings. The van der Waals surface area contributed by atoms with Crippen molar-refractivity contribution in [1.82, 2.24) is 15.1 Å². The Labute approximate surface area is 238 Å². The molecule has 0 saturated carbocycles. The Balaban J connectivity index is 1.52. The number of furan rings is 1. The third-order valence-corrected chi connectivity index (χ3v) is 7.82. The molecule has 0 aliphatic heterocycles. The van der Waals surface area contributed by atoms with Gasteiger partial charge in [0.25, 0.3) is 11.4 Å². The number of fused-ring (bicyclic) bond motifs is 4. The number of rotatable bonds is 16. The van der Waals surface area contributed by atoms with Crippen LogP contribution in [0.5, 0.6) is 5.75 Å². The molecule has 2 aromatic heterocycles. The van der Waals surface area contributed by atoms with Gasteiger partial charge in [-0.05, 0) is 76.4 Å². The topological polar surface area (TPSA) is 73.9 Å². The summed E-state index contributed by atoms with van der Waals surface area (Å²) in [7, 11) is 2.07. The predicted molar refractivity (Wildman–Crippen MR) is 164 cm³/mol. The zero-order valence-corrected chi connectivity index (χ0v) is 24.9. The van der Waals surface area contributed by atoms with E-state index in [0.29, 0.717) is 12.3 Å². The molecule has 0 spiro atoms. The normalized spacial score (nSPS) is 11.8. The van der Waals surface area contributed by atoms with Crippen LogP contribution in [0.1, 0.15) is 40.5 Å². The number of carbonyl (C=O) groups excluding carboxylic acids is 1. The van der Waals surface area contributed by atoms with E-state index in [4.69, 9.17) is 9.15 Å². The number of nitrogens with zero attached hydrogens (tertiary/aromatic N) is 3. The Bertz CT molecular complexity index is 1410. The number of aryl methyl sites for hydroxylation is 1. The summed E-state index contributed by atoms with van der Waals surface area (Å²) in [6, 6.07) is 14.2. The molecule has 8 nitrogen and oxygen atoms in total. The van der Waals surface area contributed by atoms with Crippen molar-refractivity contribution in [2.45, 2.75) is 40.5 Å². The number of pyridine rings is 1. The molecule has 0 unspecified atom stereocenters. The minimum Gasteiger partial charge on any atom is -0.484 e. The molecule has 2 N–H and O–H groups in total. The molecule has 40 heavy (non-hydrogen) atoms. The number of amides is 1. The van der Waals surface area contributed by atoms with Gasteiger partial charge < -0.3 is 29.6 Å². The van der Waals surface area contributed by atoms with E-state index in [1.54, 1.807) is 0 Å². The summed E-state index contributed by atoms with van der Waals surface area (Å²) >= 11 is 0. The molecule has 0 saturated heterocycles. The van der Waals surface area contributed by atoms with Gasteiger partial charge in [0, 0.05) is 19.2 Å². The van der Waals surface area contributed by atoms with E-state index in [1.165, 1.54) is 0 Å². The highest BCUT2D eigenvalue weighted by atomic mass is 16.5. The van der Waals surface area contributed by atoms with Gasteiger partial charge in [0.2, 0.25) is 11.1 Å². The Morgan fingerprint density at radius 2 is 1.57 bits per heavy atom. The van der Waals surface area contributed by atoms with Crippen LogP contribution in [0.15, 0.2) is 46.9 Å². The maximum absolute atomic E-state index is 12.4. The molecule has 0 bridgehead atoms. The number of hydrogen-bond acceptors (Lipinski definition) is 6. The number of carbonyl (C=O) groups is 1. The molecule has 8 heteroatoms. The van der Waals surface area contributed by atoms with Gasteiger partial charge in [0.15, 0.2) is 6.61 Å². The zero-order chi connectivity index (χ0) is 28.5. The van der Waals surface area contributed by atoms with Crippen LogP contribution in [0.2, 0.25) is 0 Å². The average Bonchev–Trinajstić information content (AvgIpc) is 3.36. The van der Waals surface area contributed by atoms with Crippen LogP contribution in [-0.4, -0.2) is 74.7 Å². The standard InChI is InChI=1S/C32H45N5O3/c1-6-36(7-2)20-12-18-33-29(38)23-39-24-16-17-28-26(22-24)31-32(40-28)30(34-19-13-21-37(8-3)9-4)25-14-10-11-15-27(25)35(31)5/h10-11,14-17,22H,6-9,12-13,18-21,23H2,1-5H3,(H,33,38)/p+1. The number of aromatic nitrogens is 1. The monoisotopic (exact) mass is 548 g/mol. The molecule has 1 amide bonds. The second kappa shape index (κ2) is 14.3. The SMILES string of the molecule is CCN(CC)CCCNC(=O)COc1ccc2oc3c(NCCCN(CC)CC)c4ccccc4[n+](C)c3c2c1. The molecular formula is C32H46N5O3+. The Hall–Kier alpha value is -3.36. The van der Waals surface area contributed by atoms with E-state index >= 15 is 0 Å². The molecule has 2 aromatic carbocycles. The third-order valence-electron chi connectivity index (χ3n) is 7.82. The van der Waals surface area contributed by atoms with Crippen molar-refractivity contribution in [3.63, 3.8) is 0 Å². The number of benzene rings is 2. The van der Waals surface area contributed by atoms with E-state index in [1.807, 2.05) is 18.2 Å². The van der Waals surface area contributed by atoms with Crippen molar-refractivity contribution >= 4 is 44.6 Å². The number of hydrogen-bond donors (Lipinski definition) is 2. The van der Waals surface area contributed by atoms with Gasteiger partial charge in [-0.1, -0.05) is 39.8 Å². The first kappa shape index (κ1) is 29.6. The maximum atomic E-state index is 12.4. The number of ether oxygens (including phenoxy) is 1. The molecule has 0 radical (unpaired) electrons. The second-order valence-electron chi connectivity index (χ2n) is 10.2. The van der Waals surface area contributed by atoms with Crippen LogP contribution in [-0.2, 0) is 11.8 Å². The molecule has 0 fully saturated rings. The van der Waals surface area contributed by atoms with Gasteiger partial charge in [-0.25, -0.2) is 0 Å². The molecular weight excluding hydrogens is 502 g/mol. The third kappa shape index (κ3) is 6.85. The second-order valence-corrected chi connectivity index (χ2v) is 10.2. The van der Waals surface area contributed by atoms with E-state index in [0.717, 1.165) is 97.3 Å². The summed E-state index contributed by atoms with van der Waals surface area (Å²) in [6.07, 6.45) is 1.98. The summed E-state index contributed by atoms with van der Waals surface area (Å²) in [6.45, 7) is 16.5. The lowest BCUT2D eigenvalue weighted by atomic mass is 10.1. The Morgan fingerprint density at radius 3 is 2.27 bits per heavy atom. The van der Waals surface area contributed by atoms with Gasteiger partial charge in [0.05, 0.1) is 16.5 Å². The van der Waals surface area contributed by atoms with Crippen molar-refractivity contribution in [1.29, 1.82) is 0 Å². The lowest BCUT2D eigenvalue weighted by molar-refractivity contribution is -0.616. The van der Waals surface area contributed by atoms with Gasteiger partial charge in [-0.15, -0.1) is 0 Å². The lowest BCUT2D eigenvalue weighted by Crippen LogP contribution is -2.32. The molecule has 216 valence electrons. The zero-order valence-electron chi connectivity index (χ0n) is 24.9. The van der Waals surface area contributed by atoms with Crippen molar-refractivity contribution in [2.24, 2.45) is 7.05 Å². The van der Waals surface area contributed by atoms with Crippen molar-refractivity contribution < 1.29 is 18.5 Å². The first-order chi connectivity index (χ1) is 19.5. The lowest BCUT2D eigenvalue weighted by Gasteiger charge is -2.18. The summed E-state index contributed by atoms with van der Waals surface area (Å²) < 4.78 is 14.5. The van der Waals surface area contributed by atoms with Gasteiger partial charge in [-0.2, -0.15) is 4.57 Å². The quantitative estimate of drug-likeness (QED) is 0.153. The number of anilines is 1. The van der Waals surface area contributed by atoms with Crippen molar-refractivity contribution in [3.05, 3.63) is 42.5 Å². The van der Waals surface area contributed by atoms with E-state index in [2.05, 4.69) is 84.0 Å². The molecule has 0 aliphatic carbocycles. The van der Waals surface area contributed by atoms with E-state index in [-0.39, 0.29) is 12.5 Å². The largest absolute Gasteiger partial charge is 0.484 e. The van der Waals surface area contributed by atoms with Gasteiger partial charge >= 0.3 is 0 Å². The minimum absolute atomic E-state index is 0.0129. The fourth-order valence-corrected chi connectivity index (χ4v) is 5.38. The van der Waals surface area contributed by atoms with Crippen LogP contribution in [0, 0.1) is 0 Å². The fourth-order valence-electron chi connectivity index (χ4n) is 5.38. The first-order valence-corrected chi connectivity index (χ1v) is 14.9. The van der Waals surface area contributed by atoms with Gasteiger partial charge in [0.1, 0.15) is 18.4 Å². The highest BCUT2D eigenvalue weighted by molar-refractivity contribution is 6.11. The first-order valence-electron chi connectivity index (χ1n) is 14.9. The van der Waals surface area contributed by atoms with Crippen LogP contribution in [0.4, 0.5) is 5.69 Å². The van der Waals surface area contributed by atoms with E-state index in [9.17, 15) is 4.79 Å². The highest BCUT2D eigenvalue weighted by Crippen LogP contribution is 2.37. The molecule has 0 aliphatic rings. The van der Waals surface area contributed by atoms with Gasteiger partial charge in [-0.3, -0.25) is 4.79 Å². The summed E-state index contributed by atoms with van der Waals surface area (Å²) in [5.74, 6) is 0.542. The van der Waals surface area contributed by atoms with Crippen molar-refractivity contribution in [3.8, 4) is 5.75 Å². The number of nitrogens with one attached hydrogen (secondary N) is 2. The average molecular weight is 549 g/mol. The highest BCUT2D eigenvalue weighted by Gasteiger charge is 2.25. The summed E-state index contributed by atoms with van der Waals surface area (Å²) in [5, 5.41) is 8.76. The Kier molecular flexibility index (Phi) is 10.6. The van der Waals surface area contributed by atoms with E-state index < -0.39 is 0 Å². The van der Waals surface area contributed by atoms with Crippen molar-refractivity contribution in [2.75, 3.05) is 64.3 Å². The summed E-state index contributed by atoms with van der Waals surface area (Å²) in [5.41, 5.74) is 4.78.